The largest absolute Gasteiger partial charge is 0.381 e. The zero-order valence-electron chi connectivity index (χ0n) is 13.8. The van der Waals surface area contributed by atoms with Crippen molar-refractivity contribution in [1.82, 2.24) is 4.72 Å². The highest BCUT2D eigenvalue weighted by molar-refractivity contribution is 7.89. The predicted octanol–water partition coefficient (Wildman–Crippen LogP) is 2.37. The Hall–Kier alpha value is -1.89. The van der Waals surface area contributed by atoms with Crippen LogP contribution in [0.2, 0.25) is 0 Å². The van der Waals surface area contributed by atoms with Crippen molar-refractivity contribution >= 4 is 15.7 Å². The second-order valence-corrected chi connectivity index (χ2v) is 8.73. The Labute approximate surface area is 147 Å². The molecule has 1 fully saturated rings. The van der Waals surface area contributed by atoms with E-state index in [9.17, 15) is 8.42 Å². The lowest BCUT2D eigenvalue weighted by atomic mass is 9.67. The van der Waals surface area contributed by atoms with Crippen molar-refractivity contribution in [2.45, 2.75) is 35.9 Å². The molecule has 1 N–H and O–H groups in total. The monoisotopic (exact) mass is 356 g/mol. The molecular formula is C19H20N2O3S. The van der Waals surface area contributed by atoms with Gasteiger partial charge >= 0.3 is 0 Å². The van der Waals surface area contributed by atoms with Crippen molar-refractivity contribution in [3.05, 3.63) is 59.7 Å². The van der Waals surface area contributed by atoms with Gasteiger partial charge in [0.25, 0.3) is 0 Å². The second kappa shape index (κ2) is 5.30. The Morgan fingerprint density at radius 1 is 1.04 bits per heavy atom. The van der Waals surface area contributed by atoms with Gasteiger partial charge < -0.3 is 9.64 Å². The number of para-hydroxylation sites is 1. The van der Waals surface area contributed by atoms with Gasteiger partial charge in [0.15, 0.2) is 0 Å². The Morgan fingerprint density at radius 3 is 2.60 bits per heavy atom. The molecule has 3 aliphatic rings. The number of rotatable bonds is 0. The Morgan fingerprint density at radius 2 is 1.76 bits per heavy atom. The van der Waals surface area contributed by atoms with Gasteiger partial charge in [0, 0.05) is 25.2 Å². The number of sulfonamides is 1. The van der Waals surface area contributed by atoms with Crippen molar-refractivity contribution in [3.8, 4) is 0 Å². The van der Waals surface area contributed by atoms with Crippen LogP contribution in [-0.4, -0.2) is 27.8 Å². The van der Waals surface area contributed by atoms with Gasteiger partial charge in [-0.1, -0.05) is 36.4 Å². The molecule has 130 valence electrons. The summed E-state index contributed by atoms with van der Waals surface area (Å²) in [5.74, 6) is 0. The third-order valence-corrected chi connectivity index (χ3v) is 7.30. The summed E-state index contributed by atoms with van der Waals surface area (Å²) in [7, 11) is -3.52. The van der Waals surface area contributed by atoms with Crippen LogP contribution < -0.4 is 9.62 Å². The Balaban J connectivity index is 1.76. The first-order chi connectivity index (χ1) is 12.1. The Bertz CT molecular complexity index is 935. The fraction of sp³-hybridized carbons (Fsp3) is 0.368. The van der Waals surface area contributed by atoms with Gasteiger partial charge in [-0.05, 0) is 36.1 Å². The van der Waals surface area contributed by atoms with Crippen molar-refractivity contribution in [1.29, 1.82) is 0 Å². The molecule has 1 saturated heterocycles. The number of hydrogen-bond donors (Lipinski definition) is 1. The summed E-state index contributed by atoms with van der Waals surface area (Å²) >= 11 is 0. The average Bonchev–Trinajstić information content (AvgIpc) is 2.64. The topological polar surface area (TPSA) is 58.6 Å². The normalized spacial score (nSPS) is 25.8. The van der Waals surface area contributed by atoms with Crippen LogP contribution in [0.3, 0.4) is 0 Å². The molecule has 3 heterocycles. The van der Waals surface area contributed by atoms with Gasteiger partial charge in [-0.2, -0.15) is 4.72 Å². The molecule has 2 aromatic rings. The summed E-state index contributed by atoms with van der Waals surface area (Å²) in [4.78, 5) is 2.59. The lowest BCUT2D eigenvalue weighted by Gasteiger charge is -2.55. The van der Waals surface area contributed by atoms with E-state index in [1.165, 1.54) is 11.1 Å². The molecular weight excluding hydrogens is 336 g/mol. The molecule has 5 nitrogen and oxygen atoms in total. The van der Waals surface area contributed by atoms with E-state index in [2.05, 4.69) is 33.9 Å². The van der Waals surface area contributed by atoms with Crippen molar-refractivity contribution < 1.29 is 13.2 Å². The Kier molecular flexibility index (Phi) is 3.26. The van der Waals surface area contributed by atoms with Gasteiger partial charge in [0.05, 0.1) is 5.69 Å². The third-order valence-electron chi connectivity index (χ3n) is 5.85. The van der Waals surface area contributed by atoms with Gasteiger partial charge in [0.1, 0.15) is 11.1 Å². The quantitative estimate of drug-likeness (QED) is 0.787. The molecule has 1 spiro atoms. The highest BCUT2D eigenvalue weighted by atomic mass is 32.2. The molecule has 0 bridgehead atoms. The SMILES string of the molecule is O=S1(=O)N[C@@H]2N(Cc3ccccc3C23CCOCC3)c2ccccc21. The van der Waals surface area contributed by atoms with Crippen LogP contribution in [0, 0.1) is 0 Å². The number of nitrogens with zero attached hydrogens (tertiary/aromatic N) is 1. The van der Waals surface area contributed by atoms with E-state index in [4.69, 9.17) is 4.74 Å². The summed E-state index contributed by atoms with van der Waals surface area (Å²) in [5.41, 5.74) is 3.08. The van der Waals surface area contributed by atoms with Crippen LogP contribution in [0.5, 0.6) is 0 Å². The average molecular weight is 356 g/mol. The van der Waals surface area contributed by atoms with Gasteiger partial charge in [0.2, 0.25) is 10.0 Å². The standard InChI is InChI=1S/C19H20N2O3S/c22-25(23)17-8-4-3-7-16(17)21-13-14-5-1-2-6-15(14)19(18(21)20-25)9-11-24-12-10-19/h1-8,18,20H,9-13H2/t18-/m1/s1. The maximum absolute atomic E-state index is 12.9. The number of ether oxygens (including phenoxy) is 1. The van der Waals surface area contributed by atoms with Gasteiger partial charge in [-0.25, -0.2) is 8.42 Å². The van der Waals surface area contributed by atoms with Crippen LogP contribution in [-0.2, 0) is 26.7 Å². The highest BCUT2D eigenvalue weighted by Gasteiger charge is 2.52. The van der Waals surface area contributed by atoms with Crippen LogP contribution in [0.1, 0.15) is 24.0 Å². The van der Waals surface area contributed by atoms with E-state index < -0.39 is 10.0 Å². The minimum absolute atomic E-state index is 0.256. The first kappa shape index (κ1) is 15.4. The lowest BCUT2D eigenvalue weighted by molar-refractivity contribution is 0.0334. The van der Waals surface area contributed by atoms with Gasteiger partial charge in [-0.15, -0.1) is 0 Å². The maximum atomic E-state index is 12.9. The first-order valence-corrected chi connectivity index (χ1v) is 10.1. The molecule has 0 amide bonds. The third kappa shape index (κ3) is 2.11. The predicted molar refractivity (Wildman–Crippen MR) is 94.9 cm³/mol. The fourth-order valence-electron chi connectivity index (χ4n) is 4.68. The van der Waals surface area contributed by atoms with E-state index >= 15 is 0 Å². The molecule has 1 atom stereocenters. The fourth-order valence-corrected chi connectivity index (χ4v) is 6.17. The molecule has 5 rings (SSSR count). The molecule has 3 aliphatic heterocycles. The number of anilines is 1. The van der Waals surface area contributed by atoms with Crippen LogP contribution >= 0.6 is 0 Å². The molecule has 0 radical (unpaired) electrons. The van der Waals surface area contributed by atoms with E-state index in [0.29, 0.717) is 24.7 Å². The lowest BCUT2D eigenvalue weighted by Crippen LogP contribution is -2.66. The number of hydrogen-bond acceptors (Lipinski definition) is 4. The molecule has 0 saturated carbocycles. The summed E-state index contributed by atoms with van der Waals surface area (Å²) in [6, 6.07) is 15.7. The highest BCUT2D eigenvalue weighted by Crippen LogP contribution is 2.48. The van der Waals surface area contributed by atoms with Crippen molar-refractivity contribution in [2.24, 2.45) is 0 Å². The number of fused-ring (bicyclic) bond motifs is 6. The molecule has 25 heavy (non-hydrogen) atoms. The minimum Gasteiger partial charge on any atom is -0.381 e. The zero-order chi connectivity index (χ0) is 17.1. The maximum Gasteiger partial charge on any atom is 0.244 e. The van der Waals surface area contributed by atoms with E-state index in [-0.39, 0.29) is 11.6 Å². The summed E-state index contributed by atoms with van der Waals surface area (Å²) in [6.07, 6.45) is 1.36. The van der Waals surface area contributed by atoms with Crippen molar-refractivity contribution in [3.63, 3.8) is 0 Å². The van der Waals surface area contributed by atoms with Crippen LogP contribution in [0.25, 0.3) is 0 Å². The van der Waals surface area contributed by atoms with Crippen LogP contribution in [0.15, 0.2) is 53.4 Å². The molecule has 0 aliphatic carbocycles. The van der Waals surface area contributed by atoms with Crippen molar-refractivity contribution in [2.75, 3.05) is 18.1 Å². The number of nitrogens with one attached hydrogen (secondary N) is 1. The summed E-state index contributed by atoms with van der Waals surface area (Å²) in [5, 5.41) is 0. The molecule has 0 aromatic heterocycles. The second-order valence-electron chi connectivity index (χ2n) is 7.05. The van der Waals surface area contributed by atoms with Gasteiger partial charge in [-0.3, -0.25) is 0 Å². The molecule has 2 aromatic carbocycles. The minimum atomic E-state index is -3.52. The van der Waals surface area contributed by atoms with E-state index in [0.717, 1.165) is 18.5 Å². The van der Waals surface area contributed by atoms with E-state index in [1.54, 1.807) is 12.1 Å². The molecule has 6 heteroatoms. The zero-order valence-corrected chi connectivity index (χ0v) is 14.6. The number of benzene rings is 2. The molecule has 0 unspecified atom stereocenters. The summed E-state index contributed by atoms with van der Waals surface area (Å²) < 4.78 is 34.4. The smallest absolute Gasteiger partial charge is 0.244 e. The summed E-state index contributed by atoms with van der Waals surface area (Å²) in [6.45, 7) is 2.02. The first-order valence-electron chi connectivity index (χ1n) is 8.66. The van der Waals surface area contributed by atoms with E-state index in [1.807, 2.05) is 12.1 Å². The van der Waals surface area contributed by atoms with Crippen LogP contribution in [0.4, 0.5) is 5.69 Å².